The molecule has 512 valence electrons. The molecule has 3 atom stereocenters. The highest BCUT2D eigenvalue weighted by atomic mass is 35.5. The zero-order valence-electron chi connectivity index (χ0n) is 53.9. The Hall–Kier alpha value is -10.1. The van der Waals surface area contributed by atoms with Crippen molar-refractivity contribution in [2.24, 2.45) is 11.7 Å². The lowest BCUT2D eigenvalue weighted by Crippen LogP contribution is -2.54. The van der Waals surface area contributed by atoms with Gasteiger partial charge in [0.15, 0.2) is 0 Å². The number of aromatic nitrogens is 2. The number of pyridine rings is 1. The smallest absolute Gasteiger partial charge is 0.415 e. The van der Waals surface area contributed by atoms with E-state index in [2.05, 4.69) is 36.6 Å². The lowest BCUT2D eigenvalue weighted by atomic mass is 9.92. The number of aryl methyl sites for hydroxylation is 1. The maximum Gasteiger partial charge on any atom is 0.415 e. The number of nitrogens with zero attached hydrogens (tertiary/aromatic N) is 5. The zero-order chi connectivity index (χ0) is 69.0. The highest BCUT2D eigenvalue weighted by Gasteiger charge is 2.37. The summed E-state index contributed by atoms with van der Waals surface area (Å²) in [6.45, 7) is 6.69. The molecule has 29 nitrogen and oxygen atoms in total. The van der Waals surface area contributed by atoms with Gasteiger partial charge in [0, 0.05) is 98.7 Å². The van der Waals surface area contributed by atoms with Crippen LogP contribution in [-0.4, -0.2) is 201 Å². The summed E-state index contributed by atoms with van der Waals surface area (Å²) in [4.78, 5) is 142. The van der Waals surface area contributed by atoms with Crippen molar-refractivity contribution in [2.75, 3.05) is 114 Å². The SMILES string of the molecule is Cc1cccc2c(OC(=O)N(C)CCN(C)C(=O)OCc3ccc(NC(=O)[C@H](CCCNC(N)=O)NC(=O)[C@@H](NC(=O)OCCOCCOCCOCCN4C(=O)C=CC4=O)C(C)C)cc3)cc3c(c12)[C@H](CCl)CN3C(=O)c1cc2cc(NC(=O)C3=CC=C(O)CC3)ncc2[nH]1. The Morgan fingerprint density at radius 3 is 2.17 bits per heavy atom. The fourth-order valence-corrected chi connectivity index (χ4v) is 10.8. The minimum atomic E-state index is -1.14. The number of benzene rings is 3. The van der Waals surface area contributed by atoms with Crippen LogP contribution in [0.15, 0.2) is 102 Å². The number of imide groups is 1. The van der Waals surface area contributed by atoms with E-state index in [1.54, 1.807) is 67.3 Å². The van der Waals surface area contributed by atoms with Gasteiger partial charge in [-0.05, 0) is 84.5 Å². The van der Waals surface area contributed by atoms with Gasteiger partial charge in [0.05, 0.1) is 69.3 Å². The summed E-state index contributed by atoms with van der Waals surface area (Å²) in [5.74, 6) is -2.59. The summed E-state index contributed by atoms with van der Waals surface area (Å²) < 4.78 is 33.2. The first-order valence-corrected chi connectivity index (χ1v) is 31.7. The number of nitrogens with one attached hydrogen (secondary N) is 6. The van der Waals surface area contributed by atoms with Crippen molar-refractivity contribution in [3.63, 3.8) is 0 Å². The van der Waals surface area contributed by atoms with Gasteiger partial charge in [-0.2, -0.15) is 0 Å². The summed E-state index contributed by atoms with van der Waals surface area (Å²) in [7, 11) is 3.03. The molecule has 30 heteroatoms. The van der Waals surface area contributed by atoms with E-state index in [0.717, 1.165) is 21.4 Å². The number of aliphatic hydroxyl groups excluding tert-OH is 1. The number of likely N-dealkylation sites (N-methyl/N-ethyl adjacent to an activating group) is 2. The maximum absolute atomic E-state index is 14.5. The van der Waals surface area contributed by atoms with Crippen molar-refractivity contribution < 1.29 is 81.5 Å². The summed E-state index contributed by atoms with van der Waals surface area (Å²) in [5, 5.41) is 25.0. The van der Waals surface area contributed by atoms with E-state index >= 15 is 0 Å². The normalized spacial score (nSPS) is 14.8. The largest absolute Gasteiger partial charge is 0.512 e. The average Bonchev–Trinajstić information content (AvgIpc) is 1.69. The monoisotopic (exact) mass is 1350 g/mol. The number of anilines is 3. The molecule has 5 aromatic rings. The molecule has 3 aliphatic rings. The van der Waals surface area contributed by atoms with Gasteiger partial charge in [-0.25, -0.2) is 24.2 Å². The number of aromatic amines is 1. The summed E-state index contributed by atoms with van der Waals surface area (Å²) >= 11 is 6.62. The summed E-state index contributed by atoms with van der Waals surface area (Å²) in [6, 6.07) is 14.0. The second kappa shape index (κ2) is 34.4. The number of ether oxygens (including phenoxy) is 6. The molecule has 4 heterocycles. The van der Waals surface area contributed by atoms with Crippen LogP contribution in [0.25, 0.3) is 21.7 Å². The molecule has 96 heavy (non-hydrogen) atoms. The van der Waals surface area contributed by atoms with E-state index in [1.807, 2.05) is 25.1 Å². The van der Waals surface area contributed by atoms with Gasteiger partial charge in [-0.3, -0.25) is 33.7 Å². The number of alkyl halides is 1. The van der Waals surface area contributed by atoms with Crippen molar-refractivity contribution in [2.45, 2.75) is 71.1 Å². The number of nitrogens with two attached hydrogens (primary N) is 1. The van der Waals surface area contributed by atoms with Gasteiger partial charge in [-0.15, -0.1) is 11.6 Å². The molecule has 8 rings (SSSR count). The number of hydrogen-bond donors (Lipinski definition) is 8. The van der Waals surface area contributed by atoms with E-state index in [4.69, 9.17) is 45.8 Å². The number of aliphatic hydroxyl groups is 1. The van der Waals surface area contributed by atoms with E-state index in [9.17, 15) is 53.1 Å². The van der Waals surface area contributed by atoms with Gasteiger partial charge in [0.25, 0.3) is 23.6 Å². The standard InChI is InChI=1S/C66H79ClN12O17/c1-39(2)58(75-64(88)94-31-30-93-29-28-92-27-26-91-25-24-78-54(81)19-20-55(78)82)61(85)73-48(10-7-21-69-63(68)87)60(84)71-45-15-11-41(12-16-45)38-95-65(89)76(4)22-23-77(5)66(90)96-52-34-51-57(56-40(3)8-6-9-47(52)56)44(35-67)37-79(51)62(86)49-32-43-33-53(70-36-50(43)72-49)74-59(83)42-13-17-46(80)18-14-42/h6,8-9,11-13,15-17,19-20,32-34,36,39,44,48,58,72,80H,7,10,14,18,21-31,35,37-38H2,1-5H3,(H,71,84)(H,73,85)(H,75,88)(H3,68,69,87)(H,70,74,83)/t44-,48+,58+/m1/s1. The molecule has 0 bridgehead atoms. The molecule has 0 spiro atoms. The van der Waals surface area contributed by atoms with Crippen molar-refractivity contribution in [3.05, 3.63) is 125 Å². The average molecular weight is 1350 g/mol. The molecule has 3 aromatic carbocycles. The number of halogens is 1. The van der Waals surface area contributed by atoms with Crippen molar-refractivity contribution >= 4 is 110 Å². The number of urea groups is 1. The number of carbonyl (C=O) groups is 10. The molecule has 0 saturated carbocycles. The van der Waals surface area contributed by atoms with Crippen LogP contribution in [0.4, 0.5) is 36.4 Å². The predicted octanol–water partition coefficient (Wildman–Crippen LogP) is 6.40. The minimum absolute atomic E-state index is 0.0298. The fraction of sp³-hybridized carbons (Fsp3) is 0.409. The Morgan fingerprint density at radius 1 is 0.812 bits per heavy atom. The first kappa shape index (κ1) is 71.7. The van der Waals surface area contributed by atoms with E-state index in [0.29, 0.717) is 51.6 Å². The van der Waals surface area contributed by atoms with Crippen LogP contribution in [0.2, 0.25) is 0 Å². The molecular weight excluding hydrogens is 1270 g/mol. The molecule has 1 aliphatic carbocycles. The third-order valence-electron chi connectivity index (χ3n) is 15.8. The van der Waals surface area contributed by atoms with Crippen molar-refractivity contribution in [1.29, 1.82) is 0 Å². The number of allylic oxidation sites excluding steroid dienone is 3. The van der Waals surface area contributed by atoms with Gasteiger partial charge in [-0.1, -0.05) is 50.3 Å². The molecule has 0 unspecified atom stereocenters. The maximum atomic E-state index is 14.5. The lowest BCUT2D eigenvalue weighted by molar-refractivity contribution is -0.137. The number of primary amides is 1. The number of rotatable bonds is 32. The topological polar surface area (TPSA) is 374 Å². The Labute approximate surface area is 557 Å². The second-order valence-electron chi connectivity index (χ2n) is 23.2. The number of H-pyrrole nitrogens is 1. The number of alkyl carbamates (subject to hydrolysis) is 1. The first-order chi connectivity index (χ1) is 46.1. The summed E-state index contributed by atoms with van der Waals surface area (Å²) in [6.07, 6.45) is 5.71. The second-order valence-corrected chi connectivity index (χ2v) is 23.5. The van der Waals surface area contributed by atoms with Crippen molar-refractivity contribution in [3.8, 4) is 5.75 Å². The van der Waals surface area contributed by atoms with Crippen LogP contribution in [0.1, 0.15) is 72.6 Å². The van der Waals surface area contributed by atoms with Crippen molar-refractivity contribution in [1.82, 2.24) is 40.6 Å². The van der Waals surface area contributed by atoms with Crippen LogP contribution < -0.4 is 42.0 Å². The highest BCUT2D eigenvalue weighted by Crippen LogP contribution is 2.47. The number of amides is 11. The van der Waals surface area contributed by atoms with Crippen LogP contribution in [0.5, 0.6) is 5.75 Å². The fourth-order valence-electron chi connectivity index (χ4n) is 10.6. The van der Waals surface area contributed by atoms with E-state index in [1.165, 1.54) is 48.3 Å². The van der Waals surface area contributed by atoms with Crippen LogP contribution in [0, 0.1) is 12.8 Å². The predicted molar refractivity (Wildman–Crippen MR) is 353 cm³/mol. The van der Waals surface area contributed by atoms with Crippen LogP contribution in [-0.2, 0) is 54.3 Å². The van der Waals surface area contributed by atoms with Gasteiger partial charge < -0.3 is 85.5 Å². The number of carbonyl (C=O) groups excluding carboxylic acids is 10. The first-order valence-electron chi connectivity index (χ1n) is 31.2. The molecule has 11 amide bonds. The molecule has 9 N–H and O–H groups in total. The quantitative estimate of drug-likeness (QED) is 0.0131. The molecule has 2 aromatic heterocycles. The molecular formula is C66H79ClN12O17. The highest BCUT2D eigenvalue weighted by molar-refractivity contribution is 6.20. The van der Waals surface area contributed by atoms with Crippen LogP contribution >= 0.6 is 11.6 Å². The van der Waals surface area contributed by atoms with Crippen LogP contribution in [0.3, 0.4) is 0 Å². The number of hydrogen-bond acceptors (Lipinski definition) is 18. The molecule has 0 fully saturated rings. The van der Waals surface area contributed by atoms with Gasteiger partial charge in [0.1, 0.15) is 42.6 Å². The molecule has 2 aliphatic heterocycles. The van der Waals surface area contributed by atoms with E-state index in [-0.39, 0.29) is 157 Å². The molecule has 0 saturated heterocycles. The minimum Gasteiger partial charge on any atom is -0.512 e. The Kier molecular flexibility index (Phi) is 25.7. The van der Waals surface area contributed by atoms with Gasteiger partial charge >= 0.3 is 24.3 Å². The number of fused-ring (bicyclic) bond motifs is 4. The zero-order valence-corrected chi connectivity index (χ0v) is 54.6. The lowest BCUT2D eigenvalue weighted by Gasteiger charge is -2.25. The third kappa shape index (κ3) is 19.5. The summed E-state index contributed by atoms with van der Waals surface area (Å²) in [5.41, 5.74) is 9.67. The van der Waals surface area contributed by atoms with Gasteiger partial charge in [0.2, 0.25) is 11.8 Å². The molecule has 0 radical (unpaired) electrons. The Morgan fingerprint density at radius 2 is 1.50 bits per heavy atom. The Balaban J connectivity index is 0.785. The third-order valence-corrected chi connectivity index (χ3v) is 16.2. The Bertz CT molecular complexity index is 3780. The van der Waals surface area contributed by atoms with E-state index < -0.39 is 54.1 Å².